The van der Waals surface area contributed by atoms with E-state index in [9.17, 15) is 4.79 Å². The maximum absolute atomic E-state index is 11.4. The van der Waals surface area contributed by atoms with Gasteiger partial charge in [-0.3, -0.25) is 4.79 Å². The van der Waals surface area contributed by atoms with Crippen molar-refractivity contribution < 1.29 is 9.53 Å². The zero-order valence-electron chi connectivity index (χ0n) is 8.08. The van der Waals surface area contributed by atoms with E-state index in [0.29, 0.717) is 11.4 Å². The van der Waals surface area contributed by atoms with E-state index in [-0.39, 0.29) is 9.83 Å². The van der Waals surface area contributed by atoms with Gasteiger partial charge in [0.15, 0.2) is 0 Å². The second kappa shape index (κ2) is 5.19. The molecule has 0 aromatic heterocycles. The molecule has 0 unspecified atom stereocenters. The molecule has 1 N–H and O–H groups in total. The van der Waals surface area contributed by atoms with E-state index in [1.165, 1.54) is 0 Å². The Morgan fingerprint density at radius 2 is 2.14 bits per heavy atom. The molecule has 0 spiro atoms. The summed E-state index contributed by atoms with van der Waals surface area (Å²) in [7, 11) is 1.58. The predicted molar refractivity (Wildman–Crippen MR) is 65.1 cm³/mol. The van der Waals surface area contributed by atoms with E-state index in [0.717, 1.165) is 0 Å². The van der Waals surface area contributed by atoms with Crippen molar-refractivity contribution in [3.8, 4) is 5.75 Å². The summed E-state index contributed by atoms with van der Waals surface area (Å²) in [4.78, 5) is 11.4. The molecule has 1 rings (SSSR count). The number of anilines is 1. The van der Waals surface area contributed by atoms with Crippen LogP contribution in [0.2, 0.25) is 0 Å². The van der Waals surface area contributed by atoms with Crippen molar-refractivity contribution in [2.75, 3.05) is 12.4 Å². The number of carbonyl (C=O) groups is 1. The van der Waals surface area contributed by atoms with Gasteiger partial charge in [0, 0.05) is 0 Å². The molecule has 1 atom stereocenters. The molecule has 0 heterocycles. The van der Waals surface area contributed by atoms with Crippen molar-refractivity contribution in [2.24, 2.45) is 0 Å². The van der Waals surface area contributed by atoms with Crippen LogP contribution in [0.25, 0.3) is 0 Å². The van der Waals surface area contributed by atoms with Crippen LogP contribution in [0.1, 0.15) is 6.92 Å². The van der Waals surface area contributed by atoms with Gasteiger partial charge in [0.05, 0.1) is 16.7 Å². The van der Waals surface area contributed by atoms with Crippen LogP contribution >= 0.6 is 22.6 Å². The van der Waals surface area contributed by atoms with Crippen molar-refractivity contribution >= 4 is 34.2 Å². The number of hydrogen-bond donors (Lipinski definition) is 1. The van der Waals surface area contributed by atoms with Gasteiger partial charge in [0.25, 0.3) is 0 Å². The number of nitrogens with one attached hydrogen (secondary N) is 1. The van der Waals surface area contributed by atoms with Crippen LogP contribution in [0, 0.1) is 0 Å². The molecule has 14 heavy (non-hydrogen) atoms. The zero-order chi connectivity index (χ0) is 10.6. The highest BCUT2D eigenvalue weighted by Gasteiger charge is 2.10. The third-order valence-corrected chi connectivity index (χ3v) is 2.29. The lowest BCUT2D eigenvalue weighted by Gasteiger charge is -2.10. The number of rotatable bonds is 3. The molecule has 1 aromatic rings. The average molecular weight is 305 g/mol. The quantitative estimate of drug-likeness (QED) is 0.688. The lowest BCUT2D eigenvalue weighted by Crippen LogP contribution is -2.20. The monoisotopic (exact) mass is 305 g/mol. The Morgan fingerprint density at radius 3 is 2.71 bits per heavy atom. The molecule has 0 radical (unpaired) electrons. The molecule has 76 valence electrons. The van der Waals surface area contributed by atoms with Crippen LogP contribution in [0.3, 0.4) is 0 Å². The average Bonchev–Trinajstić information content (AvgIpc) is 2.18. The fourth-order valence-electron chi connectivity index (χ4n) is 0.980. The van der Waals surface area contributed by atoms with Crippen molar-refractivity contribution in [3.63, 3.8) is 0 Å². The Hall–Kier alpha value is -0.780. The molecule has 4 heteroatoms. The van der Waals surface area contributed by atoms with Gasteiger partial charge in [0.2, 0.25) is 5.91 Å². The third kappa shape index (κ3) is 2.87. The maximum Gasteiger partial charge on any atom is 0.237 e. The highest BCUT2D eigenvalue weighted by Crippen LogP contribution is 2.23. The first-order valence-corrected chi connectivity index (χ1v) is 5.47. The summed E-state index contributed by atoms with van der Waals surface area (Å²) in [6.07, 6.45) is 0. The lowest BCUT2D eigenvalue weighted by molar-refractivity contribution is -0.115. The highest BCUT2D eigenvalue weighted by molar-refractivity contribution is 14.1. The number of ether oxygens (including phenoxy) is 1. The van der Waals surface area contributed by atoms with E-state index in [1.54, 1.807) is 7.11 Å². The van der Waals surface area contributed by atoms with Gasteiger partial charge in [-0.1, -0.05) is 34.7 Å². The zero-order valence-corrected chi connectivity index (χ0v) is 10.2. The van der Waals surface area contributed by atoms with Gasteiger partial charge in [-0.2, -0.15) is 0 Å². The number of alkyl halides is 1. The van der Waals surface area contributed by atoms with E-state index in [4.69, 9.17) is 4.74 Å². The SMILES string of the molecule is COc1ccccc1NC(=O)[C@@H](C)I. The van der Waals surface area contributed by atoms with Crippen LogP contribution in [-0.2, 0) is 4.79 Å². The number of amides is 1. The van der Waals surface area contributed by atoms with Gasteiger partial charge in [-0.05, 0) is 19.1 Å². The third-order valence-electron chi connectivity index (χ3n) is 1.73. The molecule has 0 aliphatic heterocycles. The van der Waals surface area contributed by atoms with E-state index < -0.39 is 0 Å². The summed E-state index contributed by atoms with van der Waals surface area (Å²) in [6.45, 7) is 1.84. The summed E-state index contributed by atoms with van der Waals surface area (Å²) in [5.74, 6) is 0.660. The van der Waals surface area contributed by atoms with Gasteiger partial charge in [-0.15, -0.1) is 0 Å². The molecule has 0 bridgehead atoms. The number of halogens is 1. The summed E-state index contributed by atoms with van der Waals surface area (Å²) in [6, 6.07) is 7.35. The number of carbonyl (C=O) groups excluding carboxylic acids is 1. The summed E-state index contributed by atoms with van der Waals surface area (Å²) in [5, 5.41) is 2.79. The maximum atomic E-state index is 11.4. The first kappa shape index (κ1) is 11.3. The van der Waals surface area contributed by atoms with E-state index in [1.807, 2.05) is 31.2 Å². The smallest absolute Gasteiger partial charge is 0.237 e. The minimum atomic E-state index is -0.0579. The van der Waals surface area contributed by atoms with Gasteiger partial charge in [0.1, 0.15) is 5.75 Å². The van der Waals surface area contributed by atoms with E-state index >= 15 is 0 Å². The van der Waals surface area contributed by atoms with Gasteiger partial charge >= 0.3 is 0 Å². The molecule has 0 aliphatic carbocycles. The Morgan fingerprint density at radius 1 is 1.50 bits per heavy atom. The van der Waals surface area contributed by atoms with E-state index in [2.05, 4.69) is 27.9 Å². The second-order valence-corrected chi connectivity index (χ2v) is 4.67. The molecule has 0 saturated carbocycles. The number of hydrogen-bond acceptors (Lipinski definition) is 2. The molecule has 1 amide bonds. The molecule has 0 fully saturated rings. The van der Waals surface area contributed by atoms with Crippen molar-refractivity contribution in [2.45, 2.75) is 10.8 Å². The van der Waals surface area contributed by atoms with Crippen LogP contribution in [0.5, 0.6) is 5.75 Å². The minimum absolute atomic E-state index is 0.0184. The topological polar surface area (TPSA) is 38.3 Å². The van der Waals surface area contributed by atoms with Crippen molar-refractivity contribution in [1.82, 2.24) is 0 Å². The summed E-state index contributed by atoms with van der Waals surface area (Å²) < 4.78 is 5.05. The van der Waals surface area contributed by atoms with Crippen LogP contribution < -0.4 is 10.1 Å². The standard InChI is InChI=1S/C10H12INO2/c1-7(11)10(13)12-8-5-3-4-6-9(8)14-2/h3-7H,1-2H3,(H,12,13)/t7-/m1/s1. The first-order valence-electron chi connectivity index (χ1n) is 4.23. The Labute approximate surface area is 97.0 Å². The fourth-order valence-corrected chi connectivity index (χ4v) is 1.14. The molecule has 3 nitrogen and oxygen atoms in total. The Balaban J connectivity index is 2.80. The number of methoxy groups -OCH3 is 1. The second-order valence-electron chi connectivity index (χ2n) is 2.81. The van der Waals surface area contributed by atoms with Crippen molar-refractivity contribution in [1.29, 1.82) is 0 Å². The lowest BCUT2D eigenvalue weighted by atomic mass is 10.3. The molecule has 1 aromatic carbocycles. The fraction of sp³-hybridized carbons (Fsp3) is 0.300. The van der Waals surface area contributed by atoms with Gasteiger partial charge < -0.3 is 10.1 Å². The molecular formula is C10H12INO2. The normalized spacial score (nSPS) is 11.9. The highest BCUT2D eigenvalue weighted by atomic mass is 127. The first-order chi connectivity index (χ1) is 6.65. The predicted octanol–water partition coefficient (Wildman–Crippen LogP) is 2.46. The Kier molecular flexibility index (Phi) is 4.19. The largest absolute Gasteiger partial charge is 0.495 e. The Bertz CT molecular complexity index is 326. The van der Waals surface area contributed by atoms with Crippen molar-refractivity contribution in [3.05, 3.63) is 24.3 Å². The van der Waals surface area contributed by atoms with Gasteiger partial charge in [-0.25, -0.2) is 0 Å². The molecular weight excluding hydrogens is 293 g/mol. The van der Waals surface area contributed by atoms with Crippen LogP contribution in [0.4, 0.5) is 5.69 Å². The molecule has 0 saturated heterocycles. The molecule has 0 aliphatic rings. The summed E-state index contributed by atoms with van der Waals surface area (Å²) >= 11 is 2.07. The van der Waals surface area contributed by atoms with Crippen LogP contribution in [-0.4, -0.2) is 16.9 Å². The number of benzene rings is 1. The van der Waals surface area contributed by atoms with Crippen LogP contribution in [0.15, 0.2) is 24.3 Å². The number of para-hydroxylation sites is 2. The minimum Gasteiger partial charge on any atom is -0.495 e. The summed E-state index contributed by atoms with van der Waals surface area (Å²) in [5.41, 5.74) is 0.712.